The van der Waals surface area contributed by atoms with Crippen molar-refractivity contribution in [3.8, 4) is 0 Å². The van der Waals surface area contributed by atoms with Gasteiger partial charge in [-0.05, 0) is 82.4 Å². The number of nitrogens with two attached hydrogens (primary N) is 1. The summed E-state index contributed by atoms with van der Waals surface area (Å²) in [5.74, 6) is -2.40. The van der Waals surface area contributed by atoms with Crippen LogP contribution in [0.15, 0.2) is 23.8 Å². The fourth-order valence-electron chi connectivity index (χ4n) is 8.00. The van der Waals surface area contributed by atoms with Crippen LogP contribution in [-0.4, -0.2) is 65.1 Å². The second-order valence-corrected chi connectivity index (χ2v) is 11.8. The molecule has 3 saturated carbocycles. The first-order valence-corrected chi connectivity index (χ1v) is 13.4. The summed E-state index contributed by atoms with van der Waals surface area (Å²) < 4.78 is 27.2. The minimum atomic E-state index is -2.04. The third-order valence-corrected chi connectivity index (χ3v) is 10.0. The lowest BCUT2D eigenvalue weighted by molar-refractivity contribution is -0.219. The minimum absolute atomic E-state index is 0.131. The number of halogens is 1. The normalized spacial score (nSPS) is 42.4. The Morgan fingerprint density at radius 1 is 1.19 bits per heavy atom. The molecule has 3 fully saturated rings. The summed E-state index contributed by atoms with van der Waals surface area (Å²) in [5.41, 5.74) is -0.103. The SMILES string of the molecule is C[C@@H]1C[C@H]2[C@@H]3CCC4=CC(=O)C=C[C@]4(C)[C@@]3(F)[C@@H](O)C[C@]2(C)[C@@]1(O)C(=O)COC(=O)OCCCCCN. The van der Waals surface area contributed by atoms with Gasteiger partial charge in [-0.1, -0.05) is 25.5 Å². The zero-order valence-electron chi connectivity index (χ0n) is 22.0. The first kappa shape index (κ1) is 27.9. The average molecular weight is 522 g/mol. The van der Waals surface area contributed by atoms with E-state index in [1.54, 1.807) is 26.8 Å². The van der Waals surface area contributed by atoms with Crippen LogP contribution in [0.2, 0.25) is 0 Å². The molecule has 8 atom stereocenters. The van der Waals surface area contributed by atoms with Gasteiger partial charge in [-0.3, -0.25) is 9.59 Å². The van der Waals surface area contributed by atoms with E-state index in [1.807, 2.05) is 0 Å². The van der Waals surface area contributed by atoms with Crippen LogP contribution >= 0.6 is 0 Å². The summed E-state index contributed by atoms with van der Waals surface area (Å²) >= 11 is 0. The van der Waals surface area contributed by atoms with Gasteiger partial charge >= 0.3 is 6.16 Å². The Morgan fingerprint density at radius 3 is 2.62 bits per heavy atom. The van der Waals surface area contributed by atoms with Gasteiger partial charge in [0.05, 0.1) is 12.7 Å². The molecule has 0 heterocycles. The summed E-state index contributed by atoms with van der Waals surface area (Å²) in [4.78, 5) is 37.4. The molecule has 0 aromatic rings. The van der Waals surface area contributed by atoms with Crippen molar-refractivity contribution in [3.05, 3.63) is 23.8 Å². The summed E-state index contributed by atoms with van der Waals surface area (Å²) in [6.07, 6.45) is 5.39. The van der Waals surface area contributed by atoms with Gasteiger partial charge in [-0.25, -0.2) is 9.18 Å². The van der Waals surface area contributed by atoms with E-state index in [0.717, 1.165) is 12.8 Å². The van der Waals surface area contributed by atoms with Crippen LogP contribution in [0.5, 0.6) is 0 Å². The van der Waals surface area contributed by atoms with E-state index in [-0.39, 0.29) is 24.7 Å². The standard InChI is InChI=1S/C28H40FNO7/c1-17-13-21-20-8-7-18-14-19(31)9-10-25(18,2)27(20,29)22(32)15-26(21,3)28(17,35)23(33)16-37-24(34)36-12-6-4-5-11-30/h9-10,14,17,20-22,32,35H,4-8,11-13,15-16,30H2,1-3H3/t17-,20+,21+,22+,25+,26+,27+,28+/m1/s1. The van der Waals surface area contributed by atoms with E-state index < -0.39 is 58.6 Å². The van der Waals surface area contributed by atoms with Crippen LogP contribution in [0, 0.1) is 28.6 Å². The van der Waals surface area contributed by atoms with Crippen molar-refractivity contribution in [3.63, 3.8) is 0 Å². The molecule has 0 bridgehead atoms. The number of Topliss-reactive ketones (excluding diaryl/α,β-unsaturated/α-hetero) is 1. The maximum Gasteiger partial charge on any atom is 0.508 e. The molecule has 0 unspecified atom stereocenters. The fraction of sp³-hybridized carbons (Fsp3) is 0.750. The predicted molar refractivity (Wildman–Crippen MR) is 133 cm³/mol. The van der Waals surface area contributed by atoms with Crippen molar-refractivity contribution >= 4 is 17.7 Å². The molecule has 0 aliphatic heterocycles. The Balaban J connectivity index is 1.52. The highest BCUT2D eigenvalue weighted by Gasteiger charge is 2.75. The third-order valence-electron chi connectivity index (χ3n) is 10.0. The van der Waals surface area contributed by atoms with Gasteiger partial charge in [0.15, 0.2) is 18.1 Å². The number of carbonyl (C=O) groups excluding carboxylic acids is 3. The molecular weight excluding hydrogens is 481 g/mol. The van der Waals surface area contributed by atoms with Crippen LogP contribution in [0.4, 0.5) is 9.18 Å². The predicted octanol–water partition coefficient (Wildman–Crippen LogP) is 3.19. The molecule has 0 radical (unpaired) electrons. The number of fused-ring (bicyclic) bond motifs is 5. The molecule has 0 aromatic heterocycles. The lowest BCUT2D eigenvalue weighted by atomic mass is 9.44. The van der Waals surface area contributed by atoms with Gasteiger partial charge < -0.3 is 25.4 Å². The second kappa shape index (κ2) is 9.89. The van der Waals surface area contributed by atoms with E-state index in [1.165, 1.54) is 12.2 Å². The van der Waals surface area contributed by atoms with Crippen molar-refractivity contribution in [2.75, 3.05) is 19.8 Å². The van der Waals surface area contributed by atoms with Crippen LogP contribution in [-0.2, 0) is 19.1 Å². The summed E-state index contributed by atoms with van der Waals surface area (Å²) in [7, 11) is 0. The first-order valence-electron chi connectivity index (χ1n) is 13.4. The average Bonchev–Trinajstić information content (AvgIpc) is 3.05. The first-order chi connectivity index (χ1) is 17.4. The molecule has 8 nitrogen and oxygen atoms in total. The number of rotatable bonds is 8. The number of alkyl halides is 1. The Kier molecular flexibility index (Phi) is 7.47. The summed E-state index contributed by atoms with van der Waals surface area (Å²) in [6.45, 7) is 5.26. The van der Waals surface area contributed by atoms with Gasteiger partial charge in [0.1, 0.15) is 5.60 Å². The van der Waals surface area contributed by atoms with Gasteiger partial charge in [-0.15, -0.1) is 0 Å². The zero-order chi connectivity index (χ0) is 27.2. The maximum absolute atomic E-state index is 17.2. The van der Waals surface area contributed by atoms with E-state index in [0.29, 0.717) is 37.8 Å². The van der Waals surface area contributed by atoms with Crippen LogP contribution in [0.3, 0.4) is 0 Å². The molecule has 0 spiro atoms. The van der Waals surface area contributed by atoms with Gasteiger partial charge in [0.25, 0.3) is 0 Å². The number of aliphatic hydroxyl groups is 2. The number of hydrogen-bond acceptors (Lipinski definition) is 8. The van der Waals surface area contributed by atoms with E-state index in [2.05, 4.69) is 0 Å². The number of carbonyl (C=O) groups is 3. The molecule has 4 N–H and O–H groups in total. The largest absolute Gasteiger partial charge is 0.508 e. The lowest BCUT2D eigenvalue weighted by Gasteiger charge is -2.62. The quantitative estimate of drug-likeness (QED) is 0.327. The van der Waals surface area contributed by atoms with Crippen LogP contribution < -0.4 is 5.73 Å². The molecule has 4 aliphatic rings. The molecular formula is C28H40FNO7. The smallest absolute Gasteiger partial charge is 0.434 e. The topological polar surface area (TPSA) is 136 Å². The van der Waals surface area contributed by atoms with Gasteiger partial charge in [-0.2, -0.15) is 0 Å². The molecule has 9 heteroatoms. The zero-order valence-corrected chi connectivity index (χ0v) is 22.0. The highest BCUT2D eigenvalue weighted by atomic mass is 19.1. The number of unbranched alkanes of at least 4 members (excludes halogenated alkanes) is 2. The summed E-state index contributed by atoms with van der Waals surface area (Å²) in [5, 5.41) is 23.3. The lowest BCUT2D eigenvalue weighted by Crippen LogP contribution is -2.69. The van der Waals surface area contributed by atoms with Crippen molar-refractivity contribution in [1.29, 1.82) is 0 Å². The molecule has 206 valence electrons. The summed E-state index contributed by atoms with van der Waals surface area (Å²) in [6, 6.07) is 0. The Morgan fingerprint density at radius 2 is 1.92 bits per heavy atom. The number of ketones is 2. The molecule has 0 amide bonds. The maximum atomic E-state index is 17.2. The third kappa shape index (κ3) is 4.08. The van der Waals surface area contributed by atoms with Gasteiger partial charge in [0.2, 0.25) is 5.78 Å². The van der Waals surface area contributed by atoms with Crippen molar-refractivity contribution in [2.24, 2.45) is 34.3 Å². The van der Waals surface area contributed by atoms with E-state index in [9.17, 15) is 24.6 Å². The number of ether oxygens (including phenoxy) is 2. The van der Waals surface area contributed by atoms with Crippen LogP contribution in [0.25, 0.3) is 0 Å². The highest BCUT2D eigenvalue weighted by molar-refractivity contribution is 6.01. The van der Waals surface area contributed by atoms with Crippen LogP contribution in [0.1, 0.15) is 65.7 Å². The monoisotopic (exact) mass is 521 g/mol. The molecule has 37 heavy (non-hydrogen) atoms. The highest BCUT2D eigenvalue weighted by Crippen LogP contribution is 2.70. The molecule has 0 saturated heterocycles. The molecule has 4 aliphatic carbocycles. The Bertz CT molecular complexity index is 1010. The molecule has 0 aromatic carbocycles. The molecule has 4 rings (SSSR count). The minimum Gasteiger partial charge on any atom is -0.434 e. The second-order valence-electron chi connectivity index (χ2n) is 11.8. The number of aliphatic hydroxyl groups excluding tert-OH is 1. The fourth-order valence-corrected chi connectivity index (χ4v) is 8.00. The van der Waals surface area contributed by atoms with Crippen molar-refractivity contribution in [1.82, 2.24) is 0 Å². The Hall–Kier alpha value is -2.10. The van der Waals surface area contributed by atoms with E-state index in [4.69, 9.17) is 15.2 Å². The van der Waals surface area contributed by atoms with Crippen molar-refractivity contribution < 1.29 is 38.5 Å². The van der Waals surface area contributed by atoms with Gasteiger partial charge in [0, 0.05) is 16.7 Å². The number of allylic oxidation sites excluding steroid dienone is 4. The van der Waals surface area contributed by atoms with E-state index >= 15 is 4.39 Å². The van der Waals surface area contributed by atoms with Crippen molar-refractivity contribution in [2.45, 2.75) is 83.1 Å². The number of hydrogen-bond donors (Lipinski definition) is 3. The Labute approximate surface area is 217 Å².